The third-order valence-corrected chi connectivity index (χ3v) is 4.85. The summed E-state index contributed by atoms with van der Waals surface area (Å²) in [4.78, 5) is 24.5. The van der Waals surface area contributed by atoms with Crippen molar-refractivity contribution in [2.24, 2.45) is 7.05 Å². The maximum Gasteiger partial charge on any atom is 0.313 e. The zero-order valence-electron chi connectivity index (χ0n) is 14.8. The van der Waals surface area contributed by atoms with Crippen molar-refractivity contribution in [3.8, 4) is 22.5 Å². The van der Waals surface area contributed by atoms with Crippen LogP contribution >= 0.6 is 11.8 Å². The molecule has 0 radical (unpaired) electrons. The molecule has 3 aromatic rings. The molecule has 2 N–H and O–H groups in total. The fourth-order valence-electron chi connectivity index (χ4n) is 2.76. The van der Waals surface area contributed by atoms with Crippen LogP contribution in [0.1, 0.15) is 11.4 Å². The third-order valence-electron chi connectivity index (χ3n) is 4.00. The van der Waals surface area contributed by atoms with E-state index in [1.165, 1.54) is 12.1 Å². The van der Waals surface area contributed by atoms with Crippen molar-refractivity contribution in [2.75, 3.05) is 5.75 Å². The Bertz CT molecular complexity index is 1040. The number of rotatable bonds is 6. The second-order valence-electron chi connectivity index (χ2n) is 5.86. The summed E-state index contributed by atoms with van der Waals surface area (Å²) in [6.45, 7) is 3.73. The number of H-pyrrole nitrogens is 1. The summed E-state index contributed by atoms with van der Waals surface area (Å²) in [5.41, 5.74) is 3.52. The number of nitrogens with zero attached hydrogens (tertiary/aromatic N) is 5. The predicted molar refractivity (Wildman–Crippen MR) is 98.5 cm³/mol. The molecule has 0 amide bonds. The average molecular weight is 388 g/mol. The number of nitrogens with one attached hydrogen (secondary N) is 1. The molecular formula is C16H16N6O4S. The number of hydrogen-bond acceptors (Lipinski definition) is 7. The molecule has 0 atom stereocenters. The van der Waals surface area contributed by atoms with Crippen molar-refractivity contribution in [1.82, 2.24) is 25.0 Å². The molecule has 0 spiro atoms. The number of aliphatic carboxylic acids is 1. The Morgan fingerprint density at radius 3 is 2.59 bits per heavy atom. The summed E-state index contributed by atoms with van der Waals surface area (Å²) in [7, 11) is 1.81. The predicted octanol–water partition coefficient (Wildman–Crippen LogP) is 2.57. The lowest BCUT2D eigenvalue weighted by molar-refractivity contribution is -0.384. The van der Waals surface area contributed by atoms with Gasteiger partial charge in [-0.15, -0.1) is 10.2 Å². The van der Waals surface area contributed by atoms with Crippen molar-refractivity contribution in [2.45, 2.75) is 19.0 Å². The zero-order chi connectivity index (χ0) is 19.7. The van der Waals surface area contributed by atoms with Gasteiger partial charge in [-0.3, -0.25) is 19.6 Å². The number of benzene rings is 1. The Balaban J connectivity index is 2.07. The first kappa shape index (κ1) is 18.6. The second kappa shape index (κ2) is 7.19. The number of carbonyl (C=O) groups is 1. The Morgan fingerprint density at radius 1 is 1.30 bits per heavy atom. The van der Waals surface area contributed by atoms with E-state index in [0.29, 0.717) is 22.1 Å². The number of nitro benzene ring substituents is 1. The molecule has 27 heavy (non-hydrogen) atoms. The molecule has 0 saturated heterocycles. The van der Waals surface area contributed by atoms with E-state index >= 15 is 0 Å². The number of aromatic nitrogens is 5. The highest BCUT2D eigenvalue weighted by Crippen LogP contribution is 2.33. The number of aryl methyl sites for hydroxylation is 2. The molecule has 0 aliphatic rings. The Morgan fingerprint density at radius 2 is 2.00 bits per heavy atom. The molecule has 1 aromatic carbocycles. The lowest BCUT2D eigenvalue weighted by atomic mass is 10.00. The van der Waals surface area contributed by atoms with E-state index in [4.69, 9.17) is 5.11 Å². The molecule has 0 aliphatic carbocycles. The van der Waals surface area contributed by atoms with E-state index in [-0.39, 0.29) is 11.4 Å². The summed E-state index contributed by atoms with van der Waals surface area (Å²) in [6, 6.07) is 4.67. The molecule has 10 nitrogen and oxygen atoms in total. The lowest BCUT2D eigenvalue weighted by Crippen LogP contribution is -1.97. The SMILES string of the molecule is Cc1nn(C)c(C)c1-c1cc(-c2nnc(SCC(=O)O)[nH]2)cc([N+](=O)[O-])c1. The van der Waals surface area contributed by atoms with Gasteiger partial charge in [-0.05, 0) is 25.5 Å². The van der Waals surface area contributed by atoms with Gasteiger partial charge < -0.3 is 10.1 Å². The van der Waals surface area contributed by atoms with Gasteiger partial charge >= 0.3 is 5.97 Å². The van der Waals surface area contributed by atoms with E-state index in [1.807, 2.05) is 20.9 Å². The van der Waals surface area contributed by atoms with Crippen LogP contribution in [0.15, 0.2) is 23.4 Å². The van der Waals surface area contributed by atoms with Crippen LogP contribution in [0.5, 0.6) is 0 Å². The quantitative estimate of drug-likeness (QED) is 0.373. The van der Waals surface area contributed by atoms with Crippen LogP contribution in [0.2, 0.25) is 0 Å². The maximum atomic E-state index is 11.4. The minimum atomic E-state index is -0.974. The molecular weight excluding hydrogens is 372 g/mol. The number of non-ortho nitro benzene ring substituents is 1. The lowest BCUT2D eigenvalue weighted by Gasteiger charge is -2.05. The first-order chi connectivity index (χ1) is 12.8. The Labute approximate surface area is 157 Å². The molecule has 2 heterocycles. The van der Waals surface area contributed by atoms with Gasteiger partial charge in [-0.25, -0.2) is 0 Å². The molecule has 3 rings (SSSR count). The molecule has 2 aromatic heterocycles. The number of hydrogen-bond donors (Lipinski definition) is 2. The van der Waals surface area contributed by atoms with Crippen LogP contribution in [0.4, 0.5) is 5.69 Å². The summed E-state index contributed by atoms with van der Waals surface area (Å²) < 4.78 is 1.72. The van der Waals surface area contributed by atoms with Gasteiger partial charge in [-0.1, -0.05) is 11.8 Å². The highest BCUT2D eigenvalue weighted by Gasteiger charge is 2.19. The van der Waals surface area contributed by atoms with E-state index in [2.05, 4.69) is 20.3 Å². The maximum absolute atomic E-state index is 11.4. The van der Waals surface area contributed by atoms with E-state index in [0.717, 1.165) is 28.7 Å². The monoisotopic (exact) mass is 388 g/mol. The van der Waals surface area contributed by atoms with E-state index < -0.39 is 10.9 Å². The van der Waals surface area contributed by atoms with Crippen molar-refractivity contribution in [3.63, 3.8) is 0 Å². The number of carboxylic acids is 1. The largest absolute Gasteiger partial charge is 0.481 e. The Kier molecular flexibility index (Phi) is 4.95. The first-order valence-corrected chi connectivity index (χ1v) is 8.82. The molecule has 0 unspecified atom stereocenters. The fraction of sp³-hybridized carbons (Fsp3) is 0.250. The molecule has 0 aliphatic heterocycles. The van der Waals surface area contributed by atoms with Crippen molar-refractivity contribution < 1.29 is 14.8 Å². The van der Waals surface area contributed by atoms with Gasteiger partial charge in [0, 0.05) is 36.0 Å². The van der Waals surface area contributed by atoms with Gasteiger partial charge in [-0.2, -0.15) is 5.10 Å². The van der Waals surface area contributed by atoms with Crippen LogP contribution in [0.25, 0.3) is 22.5 Å². The topological polar surface area (TPSA) is 140 Å². The van der Waals surface area contributed by atoms with Crippen LogP contribution in [0, 0.1) is 24.0 Å². The number of thioether (sulfide) groups is 1. The Hall–Kier alpha value is -3.21. The highest BCUT2D eigenvalue weighted by atomic mass is 32.2. The van der Waals surface area contributed by atoms with E-state index in [9.17, 15) is 14.9 Å². The smallest absolute Gasteiger partial charge is 0.313 e. The minimum Gasteiger partial charge on any atom is -0.481 e. The van der Waals surface area contributed by atoms with Crippen LogP contribution < -0.4 is 0 Å². The fourth-order valence-corrected chi connectivity index (χ4v) is 3.29. The van der Waals surface area contributed by atoms with Gasteiger partial charge in [0.15, 0.2) is 11.0 Å². The number of carboxylic acid groups (broad SMARTS) is 1. The molecule has 0 bridgehead atoms. The van der Waals surface area contributed by atoms with Crippen LogP contribution in [0.3, 0.4) is 0 Å². The zero-order valence-corrected chi connectivity index (χ0v) is 15.6. The van der Waals surface area contributed by atoms with Gasteiger partial charge in [0.2, 0.25) is 0 Å². The van der Waals surface area contributed by atoms with Crippen LogP contribution in [-0.2, 0) is 11.8 Å². The first-order valence-electron chi connectivity index (χ1n) is 7.84. The number of aromatic amines is 1. The molecule has 0 saturated carbocycles. The van der Waals surface area contributed by atoms with Gasteiger partial charge in [0.1, 0.15) is 0 Å². The average Bonchev–Trinajstić information content (AvgIpc) is 3.17. The number of nitro groups is 1. The van der Waals surface area contributed by atoms with E-state index in [1.54, 1.807) is 10.7 Å². The van der Waals surface area contributed by atoms with Crippen molar-refractivity contribution in [1.29, 1.82) is 0 Å². The molecule has 11 heteroatoms. The summed E-state index contributed by atoms with van der Waals surface area (Å²) in [6.07, 6.45) is 0. The second-order valence-corrected chi connectivity index (χ2v) is 6.82. The van der Waals surface area contributed by atoms with Crippen molar-refractivity contribution >= 4 is 23.4 Å². The van der Waals surface area contributed by atoms with Gasteiger partial charge in [0.05, 0.1) is 16.4 Å². The van der Waals surface area contributed by atoms with Gasteiger partial charge in [0.25, 0.3) is 5.69 Å². The highest BCUT2D eigenvalue weighted by molar-refractivity contribution is 7.99. The summed E-state index contributed by atoms with van der Waals surface area (Å²) >= 11 is 0.987. The normalized spacial score (nSPS) is 10.9. The molecule has 0 fully saturated rings. The van der Waals surface area contributed by atoms with Crippen LogP contribution in [-0.4, -0.2) is 46.7 Å². The standard InChI is InChI=1S/C16H16N6O4S/c1-8-14(9(2)21(3)20-8)10-4-11(6-12(5-10)22(25)26)15-17-16(19-18-15)27-7-13(23)24/h4-6H,7H2,1-3H3,(H,23,24)(H,17,18,19). The van der Waals surface area contributed by atoms with Crippen molar-refractivity contribution in [3.05, 3.63) is 39.7 Å². The molecule has 140 valence electrons. The summed E-state index contributed by atoms with van der Waals surface area (Å²) in [5, 5.41) is 32.7. The third kappa shape index (κ3) is 3.82. The minimum absolute atomic E-state index is 0.0821. The summed E-state index contributed by atoms with van der Waals surface area (Å²) in [5.74, 6) is -0.812.